The Hall–Kier alpha value is -1.51. The van der Waals surface area contributed by atoms with Crippen LogP contribution in [0.5, 0.6) is 17.2 Å². The molecule has 0 amide bonds. The maximum Gasteiger partial charge on any atom is 0.278 e. The van der Waals surface area contributed by atoms with Crippen molar-refractivity contribution >= 4 is 22.6 Å². The van der Waals surface area contributed by atoms with E-state index in [4.69, 9.17) is 18.6 Å². The molecule has 0 unspecified atom stereocenters. The van der Waals surface area contributed by atoms with Gasteiger partial charge in [0.15, 0.2) is 11.5 Å². The lowest BCUT2D eigenvalue weighted by Gasteiger charge is -2.13. The molecule has 1 aromatic heterocycles. The molecule has 0 saturated heterocycles. The summed E-state index contributed by atoms with van der Waals surface area (Å²) in [7, 11) is 4.65. The molecule has 0 N–H and O–H groups in total. The van der Waals surface area contributed by atoms with E-state index in [0.29, 0.717) is 32.6 Å². The lowest BCUT2D eigenvalue weighted by atomic mass is 10.1. The summed E-state index contributed by atoms with van der Waals surface area (Å²) in [5.74, 6) is 1.94. The maximum atomic E-state index is 5.37. The van der Waals surface area contributed by atoms with E-state index >= 15 is 0 Å². The highest BCUT2D eigenvalue weighted by molar-refractivity contribution is 14.1. The summed E-state index contributed by atoms with van der Waals surface area (Å²) >= 11 is 1.95. The summed E-state index contributed by atoms with van der Waals surface area (Å²) < 4.78 is 21.7. The van der Waals surface area contributed by atoms with Crippen LogP contribution in [0, 0.1) is 3.90 Å². The van der Waals surface area contributed by atoms with E-state index in [-0.39, 0.29) is 0 Å². The van der Waals surface area contributed by atoms with E-state index in [1.54, 1.807) is 33.5 Å². The van der Waals surface area contributed by atoms with Crippen LogP contribution in [-0.2, 0) is 0 Å². The van der Waals surface area contributed by atoms with Gasteiger partial charge in [0.2, 0.25) is 5.75 Å². The number of halogens is 1. The molecule has 0 bridgehead atoms. The molecule has 7 heteroatoms. The Labute approximate surface area is 117 Å². The van der Waals surface area contributed by atoms with Crippen LogP contribution in [-0.4, -0.2) is 31.5 Å². The molecule has 1 aromatic carbocycles. The summed E-state index contributed by atoms with van der Waals surface area (Å²) in [6.45, 7) is 0. The molecule has 2 aromatic rings. The molecule has 2 rings (SSSR count). The van der Waals surface area contributed by atoms with Crippen LogP contribution in [0.15, 0.2) is 16.5 Å². The first kappa shape index (κ1) is 12.9. The van der Waals surface area contributed by atoms with Crippen LogP contribution in [0.2, 0.25) is 0 Å². The fraction of sp³-hybridized carbons (Fsp3) is 0.273. The Kier molecular flexibility index (Phi) is 3.90. The first-order valence-corrected chi connectivity index (χ1v) is 6.07. The second-order valence-corrected chi connectivity index (χ2v) is 4.16. The van der Waals surface area contributed by atoms with E-state index in [2.05, 4.69) is 10.2 Å². The first-order valence-electron chi connectivity index (χ1n) is 4.99. The van der Waals surface area contributed by atoms with Gasteiger partial charge < -0.3 is 18.6 Å². The van der Waals surface area contributed by atoms with E-state index < -0.39 is 0 Å². The van der Waals surface area contributed by atoms with Crippen LogP contribution in [0.25, 0.3) is 11.5 Å². The SMILES string of the molecule is COc1ccc(-c2nnc(I)o2)c(OC)c1OC. The van der Waals surface area contributed by atoms with Crippen molar-refractivity contribution in [1.29, 1.82) is 0 Å². The van der Waals surface area contributed by atoms with Crippen molar-refractivity contribution in [2.75, 3.05) is 21.3 Å². The van der Waals surface area contributed by atoms with Crippen LogP contribution < -0.4 is 14.2 Å². The number of hydrogen-bond acceptors (Lipinski definition) is 6. The molecule has 0 radical (unpaired) electrons. The highest BCUT2D eigenvalue weighted by Gasteiger charge is 2.20. The van der Waals surface area contributed by atoms with Crippen LogP contribution in [0.3, 0.4) is 0 Å². The topological polar surface area (TPSA) is 66.6 Å². The zero-order chi connectivity index (χ0) is 13.1. The molecular weight excluding hydrogens is 351 g/mol. The quantitative estimate of drug-likeness (QED) is 0.778. The zero-order valence-electron chi connectivity index (χ0n) is 10.1. The first-order chi connectivity index (χ1) is 8.71. The molecule has 0 saturated carbocycles. The summed E-state index contributed by atoms with van der Waals surface area (Å²) in [6, 6.07) is 3.54. The van der Waals surface area contributed by atoms with E-state index in [0.717, 1.165) is 0 Å². The molecule has 1 heterocycles. The number of nitrogens with zero attached hydrogens (tertiary/aromatic N) is 2. The minimum atomic E-state index is 0.372. The standard InChI is InChI=1S/C11H11IN2O4/c1-15-7-5-4-6(8(16-2)9(7)17-3)10-13-14-11(12)18-10/h4-5H,1-3H3. The van der Waals surface area contributed by atoms with Crippen molar-refractivity contribution in [3.63, 3.8) is 0 Å². The van der Waals surface area contributed by atoms with Crippen molar-refractivity contribution in [3.05, 3.63) is 16.0 Å². The minimum Gasteiger partial charge on any atom is -0.493 e. The molecule has 0 aliphatic carbocycles. The highest BCUT2D eigenvalue weighted by Crippen LogP contribution is 2.43. The largest absolute Gasteiger partial charge is 0.493 e. The molecule has 18 heavy (non-hydrogen) atoms. The van der Waals surface area contributed by atoms with Gasteiger partial charge in [0.1, 0.15) is 0 Å². The van der Waals surface area contributed by atoms with Crippen molar-refractivity contribution in [3.8, 4) is 28.7 Å². The summed E-state index contributed by atoms with van der Waals surface area (Å²) in [5.41, 5.74) is 0.658. The van der Waals surface area contributed by atoms with Gasteiger partial charge in [-0.1, -0.05) is 0 Å². The van der Waals surface area contributed by atoms with E-state index in [9.17, 15) is 0 Å². The summed E-state index contributed by atoms with van der Waals surface area (Å²) in [4.78, 5) is 0. The summed E-state index contributed by atoms with van der Waals surface area (Å²) in [6.07, 6.45) is 0. The molecule has 0 atom stereocenters. The van der Waals surface area contributed by atoms with Crippen molar-refractivity contribution in [2.45, 2.75) is 0 Å². The number of hydrogen-bond donors (Lipinski definition) is 0. The second-order valence-electron chi connectivity index (χ2n) is 3.24. The molecule has 6 nitrogen and oxygen atoms in total. The fourth-order valence-electron chi connectivity index (χ4n) is 1.58. The smallest absolute Gasteiger partial charge is 0.278 e. The molecule has 0 fully saturated rings. The van der Waals surface area contributed by atoms with Gasteiger partial charge in [-0.3, -0.25) is 0 Å². The second kappa shape index (κ2) is 5.42. The third-order valence-electron chi connectivity index (χ3n) is 2.33. The molecule has 0 spiro atoms. The average molecular weight is 362 g/mol. The Balaban J connectivity index is 2.61. The van der Waals surface area contributed by atoms with Gasteiger partial charge in [-0.2, -0.15) is 0 Å². The average Bonchev–Trinajstić information content (AvgIpc) is 2.83. The predicted octanol–water partition coefficient (Wildman–Crippen LogP) is 2.37. The molecule has 0 aliphatic rings. The lowest BCUT2D eigenvalue weighted by molar-refractivity contribution is 0.324. The van der Waals surface area contributed by atoms with Gasteiger partial charge in [-0.05, 0) is 12.1 Å². The van der Waals surface area contributed by atoms with Crippen molar-refractivity contribution in [1.82, 2.24) is 10.2 Å². The van der Waals surface area contributed by atoms with Gasteiger partial charge in [0, 0.05) is 22.6 Å². The minimum absolute atomic E-state index is 0.372. The Bertz CT molecular complexity index is 556. The Morgan fingerprint density at radius 1 is 1.00 bits per heavy atom. The number of benzene rings is 1. The van der Waals surface area contributed by atoms with Crippen LogP contribution >= 0.6 is 22.6 Å². The zero-order valence-corrected chi connectivity index (χ0v) is 12.2. The highest BCUT2D eigenvalue weighted by atomic mass is 127. The maximum absolute atomic E-state index is 5.37. The van der Waals surface area contributed by atoms with Gasteiger partial charge in [0.25, 0.3) is 9.79 Å². The summed E-state index contributed by atoms with van der Waals surface area (Å²) in [5, 5.41) is 7.73. The van der Waals surface area contributed by atoms with Crippen molar-refractivity contribution < 1.29 is 18.6 Å². The Morgan fingerprint density at radius 2 is 1.72 bits per heavy atom. The molecule has 0 aliphatic heterocycles. The van der Waals surface area contributed by atoms with Crippen LogP contribution in [0.4, 0.5) is 0 Å². The lowest BCUT2D eigenvalue weighted by Crippen LogP contribution is -1.97. The number of ether oxygens (including phenoxy) is 3. The molecule has 96 valence electrons. The third-order valence-corrected chi connectivity index (χ3v) is 2.77. The van der Waals surface area contributed by atoms with Gasteiger partial charge >= 0.3 is 0 Å². The number of rotatable bonds is 4. The van der Waals surface area contributed by atoms with Gasteiger partial charge in [0.05, 0.1) is 26.9 Å². The van der Waals surface area contributed by atoms with Gasteiger partial charge in [-0.15, -0.1) is 10.2 Å². The number of methoxy groups -OCH3 is 3. The van der Waals surface area contributed by atoms with Crippen molar-refractivity contribution in [2.24, 2.45) is 0 Å². The Morgan fingerprint density at radius 3 is 2.22 bits per heavy atom. The normalized spacial score (nSPS) is 10.2. The third kappa shape index (κ3) is 2.22. The van der Waals surface area contributed by atoms with Gasteiger partial charge in [-0.25, -0.2) is 0 Å². The molecular formula is C11H11IN2O4. The fourth-order valence-corrected chi connectivity index (χ4v) is 1.90. The monoisotopic (exact) mass is 362 g/mol. The van der Waals surface area contributed by atoms with E-state index in [1.807, 2.05) is 22.6 Å². The number of aromatic nitrogens is 2. The van der Waals surface area contributed by atoms with Crippen LogP contribution in [0.1, 0.15) is 0 Å². The van der Waals surface area contributed by atoms with E-state index in [1.165, 1.54) is 0 Å². The predicted molar refractivity (Wildman–Crippen MR) is 72.1 cm³/mol.